The van der Waals surface area contributed by atoms with Crippen LogP contribution in [0.5, 0.6) is 5.75 Å². The maximum Gasteiger partial charge on any atom is 0.343 e. The average Bonchev–Trinajstić information content (AvgIpc) is 2.65. The molecule has 1 N–H and O–H groups in total. The first-order chi connectivity index (χ1) is 13.3. The minimum absolute atomic E-state index is 0.0599. The molecule has 0 amide bonds. The highest BCUT2D eigenvalue weighted by Gasteiger charge is 2.21. The van der Waals surface area contributed by atoms with Crippen LogP contribution in [0.25, 0.3) is 6.08 Å². The van der Waals surface area contributed by atoms with E-state index < -0.39 is 16.5 Å². The van der Waals surface area contributed by atoms with Crippen LogP contribution in [0.1, 0.15) is 28.4 Å². The molecule has 0 aliphatic carbocycles. The van der Waals surface area contributed by atoms with Gasteiger partial charge in [-0.2, -0.15) is 0 Å². The van der Waals surface area contributed by atoms with Gasteiger partial charge in [0.05, 0.1) is 10.5 Å². The maximum absolute atomic E-state index is 12.4. The molecule has 3 rings (SSSR count). The summed E-state index contributed by atoms with van der Waals surface area (Å²) in [6, 6.07) is 14.3. The number of nitro groups is 1. The molecule has 6 nitrogen and oxygen atoms in total. The van der Waals surface area contributed by atoms with E-state index in [9.17, 15) is 20.0 Å². The van der Waals surface area contributed by atoms with Crippen molar-refractivity contribution in [2.24, 2.45) is 0 Å². The highest BCUT2D eigenvalue weighted by atomic mass is 35.5. The van der Waals surface area contributed by atoms with Gasteiger partial charge < -0.3 is 9.52 Å². The summed E-state index contributed by atoms with van der Waals surface area (Å²) < 4.78 is 5.15. The summed E-state index contributed by atoms with van der Waals surface area (Å²) in [5, 5.41) is 21.9. The number of non-ortho nitro benzene ring substituents is 1. The maximum atomic E-state index is 12.4. The van der Waals surface area contributed by atoms with E-state index in [1.165, 1.54) is 18.2 Å². The van der Waals surface area contributed by atoms with E-state index in [4.69, 9.17) is 16.0 Å². The number of allylic oxidation sites excluding steroid dienone is 1. The number of hydrogen-bond acceptors (Lipinski definition) is 5. The van der Waals surface area contributed by atoms with Crippen molar-refractivity contribution in [2.75, 3.05) is 0 Å². The molecule has 0 fully saturated rings. The summed E-state index contributed by atoms with van der Waals surface area (Å²) in [5.74, 6) is -0.568. The van der Waals surface area contributed by atoms with Crippen LogP contribution in [0.4, 0.5) is 5.69 Å². The predicted octanol–water partition coefficient (Wildman–Crippen LogP) is 5.06. The third kappa shape index (κ3) is 4.29. The number of aryl methyl sites for hydroxylation is 1. The molecular weight excluding hydrogens is 382 g/mol. The Morgan fingerprint density at radius 3 is 2.36 bits per heavy atom. The number of halogens is 1. The number of benzene rings is 2. The van der Waals surface area contributed by atoms with E-state index in [2.05, 4.69) is 0 Å². The molecule has 1 aromatic heterocycles. The lowest BCUT2D eigenvalue weighted by atomic mass is 9.90. The zero-order valence-corrected chi connectivity index (χ0v) is 15.6. The van der Waals surface area contributed by atoms with E-state index in [0.29, 0.717) is 10.6 Å². The van der Waals surface area contributed by atoms with E-state index in [-0.39, 0.29) is 22.8 Å². The van der Waals surface area contributed by atoms with Gasteiger partial charge in [0, 0.05) is 29.1 Å². The summed E-state index contributed by atoms with van der Waals surface area (Å²) in [6.45, 7) is 1.56. The van der Waals surface area contributed by atoms with E-state index in [0.717, 1.165) is 5.56 Å². The number of rotatable bonds is 5. The summed E-state index contributed by atoms with van der Waals surface area (Å²) in [6.07, 6.45) is 3.51. The molecule has 1 atom stereocenters. The zero-order valence-electron chi connectivity index (χ0n) is 14.8. The topological polar surface area (TPSA) is 93.6 Å². The number of nitro benzene ring substituents is 1. The molecule has 142 valence electrons. The number of nitrogens with zero attached hydrogens (tertiary/aromatic N) is 1. The van der Waals surface area contributed by atoms with Crippen LogP contribution in [0.2, 0.25) is 5.02 Å². The highest BCUT2D eigenvalue weighted by molar-refractivity contribution is 6.30. The molecule has 0 spiro atoms. The molecule has 3 aromatic rings. The monoisotopic (exact) mass is 397 g/mol. The average molecular weight is 398 g/mol. The van der Waals surface area contributed by atoms with E-state index >= 15 is 0 Å². The molecule has 0 aliphatic rings. The first-order valence-electron chi connectivity index (χ1n) is 8.37. The third-order valence-electron chi connectivity index (χ3n) is 4.21. The molecule has 0 bridgehead atoms. The Hall–Kier alpha value is -3.38. The number of aromatic hydroxyl groups is 1. The van der Waals surface area contributed by atoms with Crippen molar-refractivity contribution < 1.29 is 14.4 Å². The summed E-state index contributed by atoms with van der Waals surface area (Å²) in [4.78, 5) is 22.8. The van der Waals surface area contributed by atoms with Gasteiger partial charge in [0.1, 0.15) is 11.5 Å². The highest BCUT2D eigenvalue weighted by Crippen LogP contribution is 2.32. The zero-order chi connectivity index (χ0) is 20.3. The van der Waals surface area contributed by atoms with Crippen LogP contribution in [-0.2, 0) is 0 Å². The van der Waals surface area contributed by atoms with Crippen molar-refractivity contribution in [3.63, 3.8) is 0 Å². The van der Waals surface area contributed by atoms with Crippen LogP contribution in [-0.4, -0.2) is 10.0 Å². The Balaban J connectivity index is 2.09. The van der Waals surface area contributed by atoms with Crippen LogP contribution >= 0.6 is 11.6 Å². The smallest absolute Gasteiger partial charge is 0.343 e. The van der Waals surface area contributed by atoms with Crippen molar-refractivity contribution in [1.82, 2.24) is 0 Å². The lowest BCUT2D eigenvalue weighted by Gasteiger charge is -2.14. The van der Waals surface area contributed by atoms with Crippen LogP contribution in [0.15, 0.2) is 69.9 Å². The Kier molecular flexibility index (Phi) is 5.61. The van der Waals surface area contributed by atoms with Crippen LogP contribution < -0.4 is 5.63 Å². The van der Waals surface area contributed by atoms with E-state index in [1.807, 2.05) is 12.1 Å². The second kappa shape index (κ2) is 8.10. The molecule has 0 saturated heterocycles. The van der Waals surface area contributed by atoms with Crippen molar-refractivity contribution in [3.8, 4) is 5.75 Å². The fourth-order valence-corrected chi connectivity index (χ4v) is 2.98. The number of hydrogen-bond donors (Lipinski definition) is 1. The van der Waals surface area contributed by atoms with Gasteiger partial charge in [0.15, 0.2) is 0 Å². The van der Waals surface area contributed by atoms with Gasteiger partial charge >= 0.3 is 5.63 Å². The standard InChI is InChI=1S/C21H16ClNO5/c1-13-12-19(24)20(21(25)28-13)18(11-4-14-2-7-16(22)8-3-14)15-5-9-17(10-6-15)23(26)27/h2-12,18,24H,1H3. The fraction of sp³-hybridized carbons (Fsp3) is 0.0952. The molecule has 1 heterocycles. The molecule has 7 heteroatoms. The Morgan fingerprint density at radius 2 is 1.79 bits per heavy atom. The van der Waals surface area contributed by atoms with Crippen molar-refractivity contribution in [2.45, 2.75) is 12.8 Å². The van der Waals surface area contributed by atoms with Gasteiger partial charge in [0.25, 0.3) is 5.69 Å². The first-order valence-corrected chi connectivity index (χ1v) is 8.74. The Bertz CT molecular complexity index is 1090. The van der Waals surface area contributed by atoms with Gasteiger partial charge in [-0.15, -0.1) is 0 Å². The Morgan fingerprint density at radius 1 is 1.14 bits per heavy atom. The van der Waals surface area contributed by atoms with Crippen LogP contribution in [0.3, 0.4) is 0 Å². The molecule has 2 aromatic carbocycles. The molecule has 1 unspecified atom stereocenters. The minimum Gasteiger partial charge on any atom is -0.507 e. The largest absolute Gasteiger partial charge is 0.507 e. The van der Waals surface area contributed by atoms with Gasteiger partial charge in [-0.3, -0.25) is 10.1 Å². The van der Waals surface area contributed by atoms with Crippen molar-refractivity contribution >= 4 is 23.4 Å². The normalized spacial score (nSPS) is 12.2. The van der Waals surface area contributed by atoms with Crippen molar-refractivity contribution in [1.29, 1.82) is 0 Å². The lowest BCUT2D eigenvalue weighted by Crippen LogP contribution is -2.13. The fourth-order valence-electron chi connectivity index (χ4n) is 2.85. The second-order valence-corrected chi connectivity index (χ2v) is 6.62. The van der Waals surface area contributed by atoms with Gasteiger partial charge in [-0.25, -0.2) is 4.79 Å². The second-order valence-electron chi connectivity index (χ2n) is 6.18. The molecule has 0 saturated carbocycles. The SMILES string of the molecule is Cc1cc(O)c(C(C=Cc2ccc(Cl)cc2)c2ccc([N+](=O)[O-])cc2)c(=O)o1. The molecular formula is C21H16ClNO5. The lowest BCUT2D eigenvalue weighted by molar-refractivity contribution is -0.384. The first kappa shape index (κ1) is 19.4. The Labute approximate surface area is 165 Å². The minimum atomic E-state index is -0.665. The van der Waals surface area contributed by atoms with Crippen LogP contribution in [0, 0.1) is 17.0 Å². The quantitative estimate of drug-likeness (QED) is 0.479. The molecule has 0 radical (unpaired) electrons. The summed E-state index contributed by atoms with van der Waals surface area (Å²) in [7, 11) is 0. The summed E-state index contributed by atoms with van der Waals surface area (Å²) >= 11 is 5.90. The molecule has 0 aliphatic heterocycles. The van der Waals surface area contributed by atoms with E-state index in [1.54, 1.807) is 43.3 Å². The van der Waals surface area contributed by atoms with Gasteiger partial charge in [-0.1, -0.05) is 48.0 Å². The predicted molar refractivity (Wildman–Crippen MR) is 107 cm³/mol. The third-order valence-corrected chi connectivity index (χ3v) is 4.47. The molecule has 28 heavy (non-hydrogen) atoms. The summed E-state index contributed by atoms with van der Waals surface area (Å²) in [5.41, 5.74) is 0.769. The van der Waals surface area contributed by atoms with Gasteiger partial charge in [0.2, 0.25) is 0 Å². The van der Waals surface area contributed by atoms with Gasteiger partial charge in [-0.05, 0) is 30.2 Å². The van der Waals surface area contributed by atoms with Crippen molar-refractivity contribution in [3.05, 3.63) is 109 Å².